The molecular weight excluding hydrogens is 392 g/mol. The van der Waals surface area contributed by atoms with Gasteiger partial charge < -0.3 is 10.1 Å². The molecule has 0 unspecified atom stereocenters. The Labute approximate surface area is 162 Å². The number of aryl methyl sites for hydroxylation is 1. The van der Waals surface area contributed by atoms with Crippen LogP contribution in [0.1, 0.15) is 22.2 Å². The van der Waals surface area contributed by atoms with Gasteiger partial charge in [0, 0.05) is 6.20 Å². The number of aromatic nitrogens is 3. The summed E-state index contributed by atoms with van der Waals surface area (Å²) in [5.74, 6) is -0.945. The molecule has 3 aromatic rings. The number of hydrogen-bond donors (Lipinski definition) is 1. The van der Waals surface area contributed by atoms with Crippen LogP contribution in [0.15, 0.2) is 29.5 Å². The Hall–Kier alpha value is -2.78. The van der Waals surface area contributed by atoms with Gasteiger partial charge in [-0.3, -0.25) is 14.2 Å². The smallest absolute Gasteiger partial charge is 0.348 e. The van der Waals surface area contributed by atoms with Gasteiger partial charge in [-0.1, -0.05) is 11.6 Å². The molecule has 0 bridgehead atoms. The van der Waals surface area contributed by atoms with E-state index in [1.807, 2.05) is 0 Å². The van der Waals surface area contributed by atoms with E-state index in [2.05, 4.69) is 15.3 Å². The molecule has 1 amide bonds. The number of carbonyl (C=O) groups is 2. The van der Waals surface area contributed by atoms with Crippen LogP contribution >= 0.6 is 22.9 Å². The van der Waals surface area contributed by atoms with Crippen molar-refractivity contribution in [3.8, 4) is 0 Å². The number of hydrogen-bond acceptors (Lipinski definition) is 7. The minimum atomic E-state index is -0.493. The molecule has 0 fully saturated rings. The van der Waals surface area contributed by atoms with Gasteiger partial charge in [0.05, 0.1) is 24.0 Å². The number of amides is 1. The Balaban J connectivity index is 1.90. The van der Waals surface area contributed by atoms with Gasteiger partial charge in [-0.05, 0) is 31.5 Å². The third kappa shape index (κ3) is 3.83. The van der Waals surface area contributed by atoms with Crippen molar-refractivity contribution in [2.75, 3.05) is 11.9 Å². The topological polar surface area (TPSA) is 103 Å². The highest BCUT2D eigenvalue weighted by molar-refractivity contribution is 7.20. The predicted molar refractivity (Wildman–Crippen MR) is 102 cm³/mol. The lowest BCUT2D eigenvalue weighted by Crippen LogP contribution is -2.28. The number of nitrogens with one attached hydrogen (secondary N) is 1. The van der Waals surface area contributed by atoms with Crippen LogP contribution in [0.2, 0.25) is 5.15 Å². The molecule has 0 radical (unpaired) electrons. The van der Waals surface area contributed by atoms with E-state index in [9.17, 15) is 14.4 Å². The lowest BCUT2D eigenvalue weighted by molar-refractivity contribution is -0.116. The predicted octanol–water partition coefficient (Wildman–Crippen LogP) is 2.63. The van der Waals surface area contributed by atoms with Gasteiger partial charge in [-0.15, -0.1) is 11.3 Å². The Morgan fingerprint density at radius 1 is 1.37 bits per heavy atom. The van der Waals surface area contributed by atoms with Gasteiger partial charge in [-0.25, -0.2) is 14.8 Å². The summed E-state index contributed by atoms with van der Waals surface area (Å²) < 4.78 is 6.18. The number of fused-ring (bicyclic) bond motifs is 1. The van der Waals surface area contributed by atoms with Crippen LogP contribution in [0.25, 0.3) is 10.2 Å². The molecule has 0 aliphatic carbocycles. The molecule has 27 heavy (non-hydrogen) atoms. The normalized spacial score (nSPS) is 10.8. The third-order valence-corrected chi connectivity index (χ3v) is 5.21. The van der Waals surface area contributed by atoms with Gasteiger partial charge in [0.1, 0.15) is 16.3 Å². The van der Waals surface area contributed by atoms with Crippen molar-refractivity contribution < 1.29 is 14.3 Å². The second-order valence-corrected chi connectivity index (χ2v) is 6.88. The number of nitrogens with zero attached hydrogens (tertiary/aromatic N) is 3. The van der Waals surface area contributed by atoms with Gasteiger partial charge in [0.15, 0.2) is 5.15 Å². The van der Waals surface area contributed by atoms with Crippen LogP contribution in [0.5, 0.6) is 0 Å². The SMILES string of the molecule is CCOC(=O)c1sc2ncn(CC(=O)Nc3cccnc3Cl)c(=O)c2c1C. The van der Waals surface area contributed by atoms with Crippen molar-refractivity contribution in [1.82, 2.24) is 14.5 Å². The van der Waals surface area contributed by atoms with E-state index in [4.69, 9.17) is 16.3 Å². The second-order valence-electron chi connectivity index (χ2n) is 5.52. The number of thiophene rings is 1. The van der Waals surface area contributed by atoms with Gasteiger partial charge in [0.2, 0.25) is 5.91 Å². The summed E-state index contributed by atoms with van der Waals surface area (Å²) in [5, 5.41) is 3.05. The molecule has 3 rings (SSSR count). The van der Waals surface area contributed by atoms with E-state index in [0.29, 0.717) is 26.3 Å². The molecule has 1 N–H and O–H groups in total. The first-order valence-corrected chi connectivity index (χ1v) is 9.17. The minimum absolute atomic E-state index is 0.152. The first-order valence-electron chi connectivity index (χ1n) is 7.98. The molecule has 0 aliphatic rings. The molecule has 0 saturated heterocycles. The molecule has 0 spiro atoms. The standard InChI is InChI=1S/C17H15ClN4O4S/c1-3-26-17(25)13-9(2)12-15(27-13)20-8-22(16(12)24)7-11(23)21-10-5-4-6-19-14(10)18/h4-6,8H,3,7H2,1-2H3,(H,21,23). The Morgan fingerprint density at radius 3 is 2.85 bits per heavy atom. The van der Waals surface area contributed by atoms with Crippen LogP contribution in [0.3, 0.4) is 0 Å². The fourth-order valence-corrected chi connectivity index (χ4v) is 3.69. The van der Waals surface area contributed by atoms with E-state index in [-0.39, 0.29) is 18.3 Å². The Bertz CT molecular complexity index is 1090. The van der Waals surface area contributed by atoms with Gasteiger partial charge in [0.25, 0.3) is 5.56 Å². The fraction of sp³-hybridized carbons (Fsp3) is 0.235. The van der Waals surface area contributed by atoms with Crippen molar-refractivity contribution in [2.45, 2.75) is 20.4 Å². The maximum atomic E-state index is 12.8. The average molecular weight is 407 g/mol. The van der Waals surface area contributed by atoms with E-state index < -0.39 is 17.4 Å². The molecule has 0 atom stereocenters. The number of pyridine rings is 1. The van der Waals surface area contributed by atoms with Crippen molar-refractivity contribution in [3.05, 3.63) is 50.6 Å². The van der Waals surface area contributed by atoms with Crippen LogP contribution in [0.4, 0.5) is 5.69 Å². The molecule has 0 saturated carbocycles. The van der Waals surface area contributed by atoms with Crippen molar-refractivity contribution in [1.29, 1.82) is 0 Å². The highest BCUT2D eigenvalue weighted by Crippen LogP contribution is 2.27. The zero-order valence-electron chi connectivity index (χ0n) is 14.5. The zero-order chi connectivity index (χ0) is 19.6. The average Bonchev–Trinajstić information content (AvgIpc) is 2.97. The van der Waals surface area contributed by atoms with Gasteiger partial charge >= 0.3 is 5.97 Å². The largest absolute Gasteiger partial charge is 0.462 e. The number of ether oxygens (including phenoxy) is 1. The lowest BCUT2D eigenvalue weighted by atomic mass is 10.2. The maximum Gasteiger partial charge on any atom is 0.348 e. The fourth-order valence-electron chi connectivity index (χ4n) is 2.49. The number of carbonyl (C=O) groups excluding carboxylic acids is 2. The molecule has 3 heterocycles. The number of esters is 1. The summed E-state index contributed by atoms with van der Waals surface area (Å²) in [6.45, 7) is 3.35. The highest BCUT2D eigenvalue weighted by Gasteiger charge is 2.20. The molecule has 140 valence electrons. The molecule has 10 heteroatoms. The quantitative estimate of drug-likeness (QED) is 0.516. The molecule has 8 nitrogen and oxygen atoms in total. The van der Waals surface area contributed by atoms with Crippen LogP contribution in [0, 0.1) is 6.92 Å². The molecule has 3 aromatic heterocycles. The summed E-state index contributed by atoms with van der Waals surface area (Å²) >= 11 is 7.00. The first kappa shape index (κ1) is 19.0. The monoisotopic (exact) mass is 406 g/mol. The van der Waals surface area contributed by atoms with E-state index in [1.54, 1.807) is 26.0 Å². The molecular formula is C17H15ClN4O4S. The first-order chi connectivity index (χ1) is 12.9. The zero-order valence-corrected chi connectivity index (χ0v) is 16.1. The summed E-state index contributed by atoms with van der Waals surface area (Å²) in [6, 6.07) is 3.24. The van der Waals surface area contributed by atoms with E-state index >= 15 is 0 Å². The lowest BCUT2D eigenvalue weighted by Gasteiger charge is -2.08. The van der Waals surface area contributed by atoms with E-state index in [0.717, 1.165) is 11.3 Å². The van der Waals surface area contributed by atoms with Crippen molar-refractivity contribution in [2.24, 2.45) is 0 Å². The summed E-state index contributed by atoms with van der Waals surface area (Å²) in [7, 11) is 0. The Kier molecular flexibility index (Phi) is 5.52. The minimum Gasteiger partial charge on any atom is -0.462 e. The van der Waals surface area contributed by atoms with Crippen LogP contribution < -0.4 is 10.9 Å². The molecule has 0 aromatic carbocycles. The second kappa shape index (κ2) is 7.85. The van der Waals surface area contributed by atoms with Crippen molar-refractivity contribution >= 4 is 50.7 Å². The summed E-state index contributed by atoms with van der Waals surface area (Å²) in [5.41, 5.74) is 0.440. The van der Waals surface area contributed by atoms with Crippen LogP contribution in [-0.2, 0) is 16.1 Å². The summed E-state index contributed by atoms with van der Waals surface area (Å²) in [6.07, 6.45) is 2.78. The molecule has 0 aliphatic heterocycles. The van der Waals surface area contributed by atoms with E-state index in [1.165, 1.54) is 17.1 Å². The maximum absolute atomic E-state index is 12.8. The summed E-state index contributed by atoms with van der Waals surface area (Å²) in [4.78, 5) is 45.8. The number of halogens is 1. The van der Waals surface area contributed by atoms with Crippen LogP contribution in [-0.4, -0.2) is 33.0 Å². The van der Waals surface area contributed by atoms with Gasteiger partial charge in [-0.2, -0.15) is 0 Å². The number of rotatable bonds is 5. The van der Waals surface area contributed by atoms with Crippen molar-refractivity contribution in [3.63, 3.8) is 0 Å². The third-order valence-electron chi connectivity index (χ3n) is 3.73. The Morgan fingerprint density at radius 2 is 2.15 bits per heavy atom. The highest BCUT2D eigenvalue weighted by atomic mass is 35.5. The number of anilines is 1.